The zero-order valence-electron chi connectivity index (χ0n) is 6.07. The topological polar surface area (TPSA) is 76.2 Å². The lowest BCUT2D eigenvalue weighted by molar-refractivity contribution is -0.136. The van der Waals surface area contributed by atoms with E-state index in [2.05, 4.69) is 14.9 Å². The van der Waals surface area contributed by atoms with Crippen LogP contribution in [0.5, 0.6) is 0 Å². The highest BCUT2D eigenvalue weighted by Gasteiger charge is 2.06. The monoisotopic (exact) mass is 156 g/mol. The third kappa shape index (κ3) is 2.03. The number of aromatic nitrogens is 2. The molecular formula is C6H8N2O3. The Morgan fingerprint density at radius 3 is 2.82 bits per heavy atom. The van der Waals surface area contributed by atoms with Crippen molar-refractivity contribution in [1.82, 2.24) is 10.3 Å². The van der Waals surface area contributed by atoms with Crippen LogP contribution in [0.4, 0.5) is 0 Å². The molecule has 11 heavy (non-hydrogen) atoms. The minimum atomic E-state index is -0.840. The zero-order valence-corrected chi connectivity index (χ0v) is 6.07. The van der Waals surface area contributed by atoms with Gasteiger partial charge in [0, 0.05) is 6.42 Å². The first kappa shape index (κ1) is 7.71. The number of aryl methyl sites for hydroxylation is 2. The van der Waals surface area contributed by atoms with Crippen LogP contribution in [-0.2, 0) is 11.2 Å². The molecule has 0 aliphatic heterocycles. The average Bonchev–Trinajstić information content (AvgIpc) is 2.31. The van der Waals surface area contributed by atoms with E-state index >= 15 is 0 Å². The number of nitrogens with zero attached hydrogens (tertiary/aromatic N) is 2. The Balaban J connectivity index is 2.51. The molecule has 0 aromatic carbocycles. The van der Waals surface area contributed by atoms with E-state index in [0.717, 1.165) is 0 Å². The summed E-state index contributed by atoms with van der Waals surface area (Å²) in [6, 6.07) is 0. The molecule has 0 bridgehead atoms. The van der Waals surface area contributed by atoms with Crippen LogP contribution in [0.2, 0.25) is 0 Å². The molecule has 1 aromatic rings. The number of hydrogen-bond acceptors (Lipinski definition) is 4. The van der Waals surface area contributed by atoms with Gasteiger partial charge in [0.1, 0.15) is 11.4 Å². The van der Waals surface area contributed by atoms with E-state index in [9.17, 15) is 4.79 Å². The van der Waals surface area contributed by atoms with Gasteiger partial charge in [-0.25, -0.2) is 4.63 Å². The summed E-state index contributed by atoms with van der Waals surface area (Å²) in [5.74, 6) is -0.840. The van der Waals surface area contributed by atoms with Crippen molar-refractivity contribution in [2.75, 3.05) is 0 Å². The SMILES string of the molecule is Cc1nonc1CCC(=O)O. The Bertz CT molecular complexity index is 256. The van der Waals surface area contributed by atoms with Crippen molar-refractivity contribution in [2.24, 2.45) is 0 Å². The molecule has 5 heteroatoms. The van der Waals surface area contributed by atoms with Gasteiger partial charge in [-0.2, -0.15) is 0 Å². The highest BCUT2D eigenvalue weighted by atomic mass is 16.6. The maximum absolute atomic E-state index is 10.1. The molecule has 60 valence electrons. The summed E-state index contributed by atoms with van der Waals surface area (Å²) >= 11 is 0. The summed E-state index contributed by atoms with van der Waals surface area (Å²) in [6.45, 7) is 1.73. The second-order valence-electron chi connectivity index (χ2n) is 2.19. The molecule has 0 aliphatic rings. The number of carbonyl (C=O) groups is 1. The lowest BCUT2D eigenvalue weighted by Crippen LogP contribution is -1.98. The van der Waals surface area contributed by atoms with E-state index in [-0.39, 0.29) is 6.42 Å². The van der Waals surface area contributed by atoms with Crippen LogP contribution in [0.1, 0.15) is 17.8 Å². The highest BCUT2D eigenvalue weighted by molar-refractivity contribution is 5.66. The van der Waals surface area contributed by atoms with Crippen molar-refractivity contribution in [3.63, 3.8) is 0 Å². The minimum absolute atomic E-state index is 0.0645. The van der Waals surface area contributed by atoms with E-state index in [1.807, 2.05) is 0 Å². The van der Waals surface area contributed by atoms with Gasteiger partial charge in [-0.15, -0.1) is 0 Å². The van der Waals surface area contributed by atoms with E-state index < -0.39 is 5.97 Å². The van der Waals surface area contributed by atoms with Gasteiger partial charge in [0.05, 0.1) is 6.42 Å². The molecule has 0 amide bonds. The Kier molecular flexibility index (Phi) is 2.20. The number of rotatable bonds is 3. The Labute approximate surface area is 63.0 Å². The van der Waals surface area contributed by atoms with Gasteiger partial charge in [0.2, 0.25) is 0 Å². The average molecular weight is 156 g/mol. The van der Waals surface area contributed by atoms with Crippen molar-refractivity contribution in [1.29, 1.82) is 0 Å². The molecule has 0 spiro atoms. The fraction of sp³-hybridized carbons (Fsp3) is 0.500. The molecule has 5 nitrogen and oxygen atoms in total. The van der Waals surface area contributed by atoms with Gasteiger partial charge in [-0.3, -0.25) is 4.79 Å². The normalized spacial score (nSPS) is 9.91. The van der Waals surface area contributed by atoms with Crippen LogP contribution < -0.4 is 0 Å². The fourth-order valence-corrected chi connectivity index (χ4v) is 0.702. The maximum Gasteiger partial charge on any atom is 0.303 e. The zero-order chi connectivity index (χ0) is 8.27. The number of aliphatic carboxylic acids is 1. The van der Waals surface area contributed by atoms with Crippen LogP contribution in [0.25, 0.3) is 0 Å². The Morgan fingerprint density at radius 1 is 1.64 bits per heavy atom. The van der Waals surface area contributed by atoms with Crippen molar-refractivity contribution < 1.29 is 14.5 Å². The molecule has 1 heterocycles. The third-order valence-corrected chi connectivity index (χ3v) is 1.32. The third-order valence-electron chi connectivity index (χ3n) is 1.32. The predicted octanol–water partition coefficient (Wildman–Crippen LogP) is 0.395. The Hall–Kier alpha value is -1.39. The highest BCUT2D eigenvalue weighted by Crippen LogP contribution is 2.03. The van der Waals surface area contributed by atoms with Crippen molar-refractivity contribution >= 4 is 5.97 Å². The molecule has 0 atom stereocenters. The van der Waals surface area contributed by atoms with Gasteiger partial charge in [0.25, 0.3) is 0 Å². The van der Waals surface area contributed by atoms with Crippen molar-refractivity contribution in [3.05, 3.63) is 11.4 Å². The summed E-state index contributed by atoms with van der Waals surface area (Å²) in [5, 5.41) is 15.4. The smallest absolute Gasteiger partial charge is 0.303 e. The standard InChI is InChI=1S/C6H8N2O3/c1-4-5(8-11-7-4)2-3-6(9)10/h2-3H2,1H3,(H,9,10). The fourth-order valence-electron chi connectivity index (χ4n) is 0.702. The van der Waals surface area contributed by atoms with Gasteiger partial charge in [-0.1, -0.05) is 10.3 Å². The molecule has 0 saturated carbocycles. The summed E-state index contributed by atoms with van der Waals surface area (Å²) in [7, 11) is 0. The van der Waals surface area contributed by atoms with E-state index in [1.165, 1.54) is 0 Å². The number of hydrogen-bond donors (Lipinski definition) is 1. The largest absolute Gasteiger partial charge is 0.481 e. The van der Waals surface area contributed by atoms with Gasteiger partial charge in [-0.05, 0) is 6.92 Å². The van der Waals surface area contributed by atoms with Gasteiger partial charge >= 0.3 is 5.97 Å². The minimum Gasteiger partial charge on any atom is -0.481 e. The first-order valence-electron chi connectivity index (χ1n) is 3.20. The first-order chi connectivity index (χ1) is 5.20. The molecule has 0 saturated heterocycles. The van der Waals surface area contributed by atoms with Gasteiger partial charge in [0.15, 0.2) is 0 Å². The van der Waals surface area contributed by atoms with Crippen LogP contribution in [-0.4, -0.2) is 21.4 Å². The van der Waals surface area contributed by atoms with Crippen molar-refractivity contribution in [2.45, 2.75) is 19.8 Å². The summed E-state index contributed by atoms with van der Waals surface area (Å²) in [4.78, 5) is 10.1. The van der Waals surface area contributed by atoms with Gasteiger partial charge < -0.3 is 5.11 Å². The van der Waals surface area contributed by atoms with Crippen LogP contribution >= 0.6 is 0 Å². The van der Waals surface area contributed by atoms with E-state index in [4.69, 9.17) is 5.11 Å². The predicted molar refractivity (Wildman–Crippen MR) is 35.0 cm³/mol. The molecule has 1 rings (SSSR count). The summed E-state index contributed by atoms with van der Waals surface area (Å²) in [5.41, 5.74) is 1.28. The quantitative estimate of drug-likeness (QED) is 0.685. The number of carboxylic acids is 1. The Morgan fingerprint density at radius 2 is 2.36 bits per heavy atom. The molecule has 0 aliphatic carbocycles. The summed E-state index contributed by atoms with van der Waals surface area (Å²) < 4.78 is 4.38. The first-order valence-corrected chi connectivity index (χ1v) is 3.20. The lowest BCUT2D eigenvalue weighted by Gasteiger charge is -1.89. The van der Waals surface area contributed by atoms with Crippen molar-refractivity contribution in [3.8, 4) is 0 Å². The van der Waals surface area contributed by atoms with Crippen LogP contribution in [0.15, 0.2) is 4.63 Å². The molecule has 1 aromatic heterocycles. The molecule has 0 fully saturated rings. The lowest BCUT2D eigenvalue weighted by atomic mass is 10.2. The molecule has 1 N–H and O–H groups in total. The molecular weight excluding hydrogens is 148 g/mol. The van der Waals surface area contributed by atoms with E-state index in [0.29, 0.717) is 17.8 Å². The van der Waals surface area contributed by atoms with Crippen LogP contribution in [0, 0.1) is 6.92 Å². The van der Waals surface area contributed by atoms with Crippen LogP contribution in [0.3, 0.4) is 0 Å². The number of carboxylic acid groups (broad SMARTS) is 1. The molecule has 0 unspecified atom stereocenters. The second-order valence-corrected chi connectivity index (χ2v) is 2.19. The van der Waals surface area contributed by atoms with E-state index in [1.54, 1.807) is 6.92 Å². The molecule has 0 radical (unpaired) electrons. The summed E-state index contributed by atoms with van der Waals surface area (Å²) in [6.07, 6.45) is 0.444. The maximum atomic E-state index is 10.1. The second kappa shape index (κ2) is 3.14.